The van der Waals surface area contributed by atoms with Crippen LogP contribution in [0, 0.1) is 5.41 Å². The average Bonchev–Trinajstić information content (AvgIpc) is 2.98. The molecule has 4 rings (SSSR count). The zero-order valence-electron chi connectivity index (χ0n) is 25.8. The second-order valence-corrected chi connectivity index (χ2v) is 14.5. The van der Waals surface area contributed by atoms with Gasteiger partial charge in [0.05, 0.1) is 11.7 Å². The number of hydrogen-bond acceptors (Lipinski definition) is 4. The number of rotatable bonds is 11. The Morgan fingerprint density at radius 3 is 2.11 bits per heavy atom. The predicted molar refractivity (Wildman–Crippen MR) is 187 cm³/mol. The summed E-state index contributed by atoms with van der Waals surface area (Å²) in [5, 5.41) is 6.61. The maximum absolute atomic E-state index is 13.9. The zero-order chi connectivity index (χ0) is 33.5. The quantitative estimate of drug-likeness (QED) is 0.138. The molecule has 0 saturated carbocycles. The third-order valence-corrected chi connectivity index (χ3v) is 8.27. The standard InChI is InChI=1S/C36H36Cl2N2O5S/c1-36(2,3)17-16-24-4-8-27(9-5-24)33(20-25-6-10-28(11-7-25)34(41)39-18-19-46(43,44)45)35(42)40-32-22-29(21-31(38)23-32)26-12-14-30(37)15-13-26/h4-17,21-23,33H,18-20H2,1-3H3,(H,39,41)(H,40,42)(H,43,44,45)/b17-16+. The Kier molecular flexibility index (Phi) is 11.5. The van der Waals surface area contributed by atoms with Gasteiger partial charge in [0, 0.05) is 27.8 Å². The van der Waals surface area contributed by atoms with Crippen LogP contribution in [0.2, 0.25) is 10.0 Å². The maximum atomic E-state index is 13.9. The highest BCUT2D eigenvalue weighted by Crippen LogP contribution is 2.30. The van der Waals surface area contributed by atoms with E-state index in [4.69, 9.17) is 27.8 Å². The van der Waals surface area contributed by atoms with E-state index in [2.05, 4.69) is 43.6 Å². The molecule has 4 aromatic rings. The zero-order valence-corrected chi connectivity index (χ0v) is 28.1. The van der Waals surface area contributed by atoms with Gasteiger partial charge in [0.2, 0.25) is 5.91 Å². The molecule has 0 aliphatic rings. The van der Waals surface area contributed by atoms with Gasteiger partial charge >= 0.3 is 0 Å². The number of allylic oxidation sites excluding steroid dienone is 1. The van der Waals surface area contributed by atoms with E-state index in [1.54, 1.807) is 42.5 Å². The van der Waals surface area contributed by atoms with Gasteiger partial charge in [0.25, 0.3) is 16.0 Å². The summed E-state index contributed by atoms with van der Waals surface area (Å²) in [5.41, 5.74) is 5.29. The van der Waals surface area contributed by atoms with Gasteiger partial charge < -0.3 is 10.6 Å². The first-order valence-electron chi connectivity index (χ1n) is 14.6. The number of nitrogens with one attached hydrogen (secondary N) is 2. The normalized spacial score (nSPS) is 12.6. The molecule has 46 heavy (non-hydrogen) atoms. The molecule has 4 aromatic carbocycles. The Morgan fingerprint density at radius 1 is 0.848 bits per heavy atom. The molecule has 240 valence electrons. The van der Waals surface area contributed by atoms with Crippen LogP contribution in [0.5, 0.6) is 0 Å². The van der Waals surface area contributed by atoms with Gasteiger partial charge in [0.15, 0.2) is 0 Å². The second-order valence-electron chi connectivity index (χ2n) is 12.1. The van der Waals surface area contributed by atoms with Crippen molar-refractivity contribution in [3.8, 4) is 11.1 Å². The monoisotopic (exact) mass is 678 g/mol. The van der Waals surface area contributed by atoms with Gasteiger partial charge in [-0.1, -0.05) is 105 Å². The van der Waals surface area contributed by atoms with Crippen molar-refractivity contribution in [2.75, 3.05) is 17.6 Å². The fourth-order valence-corrected chi connectivity index (χ4v) is 5.39. The molecule has 0 saturated heterocycles. The van der Waals surface area contributed by atoms with E-state index in [0.717, 1.165) is 27.8 Å². The summed E-state index contributed by atoms with van der Waals surface area (Å²) in [6.07, 6.45) is 4.53. The first kappa shape index (κ1) is 34.9. The van der Waals surface area contributed by atoms with Crippen molar-refractivity contribution in [1.82, 2.24) is 5.32 Å². The predicted octanol–water partition coefficient (Wildman–Crippen LogP) is 8.30. The minimum atomic E-state index is -4.18. The molecule has 0 aliphatic carbocycles. The van der Waals surface area contributed by atoms with Crippen LogP contribution in [-0.2, 0) is 21.3 Å². The molecule has 10 heteroatoms. The van der Waals surface area contributed by atoms with E-state index in [1.807, 2.05) is 48.5 Å². The van der Waals surface area contributed by atoms with Crippen molar-refractivity contribution >= 4 is 56.9 Å². The van der Waals surface area contributed by atoms with Crippen molar-refractivity contribution < 1.29 is 22.6 Å². The lowest BCUT2D eigenvalue weighted by molar-refractivity contribution is -0.117. The number of hydrogen-bond donors (Lipinski definition) is 3. The van der Waals surface area contributed by atoms with Gasteiger partial charge in [-0.25, -0.2) is 0 Å². The molecule has 1 unspecified atom stereocenters. The van der Waals surface area contributed by atoms with Crippen molar-refractivity contribution in [3.63, 3.8) is 0 Å². The van der Waals surface area contributed by atoms with Gasteiger partial charge in [-0.3, -0.25) is 14.1 Å². The molecule has 0 aromatic heterocycles. The van der Waals surface area contributed by atoms with E-state index in [0.29, 0.717) is 27.7 Å². The lowest BCUT2D eigenvalue weighted by atomic mass is 9.89. The van der Waals surface area contributed by atoms with E-state index in [9.17, 15) is 18.0 Å². The molecule has 0 fully saturated rings. The van der Waals surface area contributed by atoms with E-state index < -0.39 is 27.7 Å². The van der Waals surface area contributed by atoms with E-state index in [-0.39, 0.29) is 17.9 Å². The van der Waals surface area contributed by atoms with Crippen LogP contribution in [0.25, 0.3) is 17.2 Å². The van der Waals surface area contributed by atoms with E-state index in [1.165, 1.54) is 0 Å². The highest BCUT2D eigenvalue weighted by molar-refractivity contribution is 7.85. The minimum Gasteiger partial charge on any atom is -0.351 e. The third-order valence-electron chi connectivity index (χ3n) is 7.08. The summed E-state index contributed by atoms with van der Waals surface area (Å²) in [6, 6.07) is 27.3. The van der Waals surface area contributed by atoms with Crippen molar-refractivity contribution in [2.45, 2.75) is 33.1 Å². The average molecular weight is 680 g/mol. The van der Waals surface area contributed by atoms with Crippen LogP contribution in [0.1, 0.15) is 53.7 Å². The lowest BCUT2D eigenvalue weighted by Crippen LogP contribution is -2.28. The molecular weight excluding hydrogens is 643 g/mol. The smallest absolute Gasteiger partial charge is 0.266 e. The third kappa shape index (κ3) is 10.8. The molecular formula is C36H36Cl2N2O5S. The van der Waals surface area contributed by atoms with Crippen LogP contribution in [0.3, 0.4) is 0 Å². The molecule has 0 spiro atoms. The van der Waals surface area contributed by atoms with Crippen molar-refractivity contribution in [3.05, 3.63) is 129 Å². The summed E-state index contributed by atoms with van der Waals surface area (Å²) < 4.78 is 30.8. The van der Waals surface area contributed by atoms with Crippen LogP contribution < -0.4 is 10.6 Å². The van der Waals surface area contributed by atoms with Crippen LogP contribution >= 0.6 is 23.2 Å². The van der Waals surface area contributed by atoms with Crippen LogP contribution in [0.15, 0.2) is 97.1 Å². The van der Waals surface area contributed by atoms with Crippen molar-refractivity contribution in [2.24, 2.45) is 5.41 Å². The number of anilines is 1. The molecule has 7 nitrogen and oxygen atoms in total. The summed E-state index contributed by atoms with van der Waals surface area (Å²) in [7, 11) is -4.18. The highest BCUT2D eigenvalue weighted by atomic mass is 35.5. The number of carbonyl (C=O) groups is 2. The van der Waals surface area contributed by atoms with Crippen molar-refractivity contribution in [1.29, 1.82) is 0 Å². The molecule has 0 heterocycles. The lowest BCUT2D eigenvalue weighted by Gasteiger charge is -2.19. The first-order chi connectivity index (χ1) is 21.6. The first-order valence-corrected chi connectivity index (χ1v) is 17.0. The van der Waals surface area contributed by atoms with Crippen LogP contribution in [-0.4, -0.2) is 37.1 Å². The molecule has 0 aliphatic heterocycles. The Hall–Kier alpha value is -3.95. The Morgan fingerprint density at radius 2 is 1.50 bits per heavy atom. The minimum absolute atomic E-state index is 0.0303. The van der Waals surface area contributed by atoms with Crippen LogP contribution in [0.4, 0.5) is 5.69 Å². The fraction of sp³-hybridized carbons (Fsp3) is 0.222. The Balaban J connectivity index is 1.58. The molecule has 1 atom stereocenters. The maximum Gasteiger partial charge on any atom is 0.266 e. The number of carbonyl (C=O) groups excluding carboxylic acids is 2. The Bertz CT molecular complexity index is 1810. The summed E-state index contributed by atoms with van der Waals surface area (Å²) in [6.45, 7) is 6.16. The van der Waals surface area contributed by atoms with Gasteiger partial charge in [-0.05, 0) is 82.1 Å². The van der Waals surface area contributed by atoms with Gasteiger partial charge in [-0.2, -0.15) is 8.42 Å². The topological polar surface area (TPSA) is 113 Å². The second kappa shape index (κ2) is 15.1. The fourth-order valence-electron chi connectivity index (χ4n) is 4.67. The molecule has 3 N–H and O–H groups in total. The summed E-state index contributed by atoms with van der Waals surface area (Å²) in [5.74, 6) is -1.85. The number of benzene rings is 4. The summed E-state index contributed by atoms with van der Waals surface area (Å²) >= 11 is 12.5. The number of halogens is 2. The highest BCUT2D eigenvalue weighted by Gasteiger charge is 2.22. The Labute approximate surface area is 280 Å². The SMILES string of the molecule is CC(C)(C)/C=C/c1ccc(C(Cc2ccc(C(=O)NCCS(=O)(=O)O)cc2)C(=O)Nc2cc(Cl)cc(-c3ccc(Cl)cc3)c2)cc1. The molecule has 2 amide bonds. The molecule has 0 radical (unpaired) electrons. The summed E-state index contributed by atoms with van der Waals surface area (Å²) in [4.78, 5) is 26.4. The van der Waals surface area contributed by atoms with E-state index >= 15 is 0 Å². The molecule has 0 bridgehead atoms. The van der Waals surface area contributed by atoms with Gasteiger partial charge in [-0.15, -0.1) is 0 Å². The largest absolute Gasteiger partial charge is 0.351 e. The number of amides is 2. The van der Waals surface area contributed by atoms with Gasteiger partial charge in [0.1, 0.15) is 0 Å².